The van der Waals surface area contributed by atoms with E-state index in [0.717, 1.165) is 0 Å². The molecule has 3 fully saturated rings. The summed E-state index contributed by atoms with van der Waals surface area (Å²) in [4.78, 5) is 46.5. The zero-order chi connectivity index (χ0) is 22.9. The number of carboxylic acids is 1. The largest absolute Gasteiger partial charge is 0.477 e. The fourth-order valence-corrected chi connectivity index (χ4v) is 6.39. The molecule has 11 nitrogen and oxygen atoms in total. The highest BCUT2D eigenvalue weighted by molar-refractivity contribution is 8.03. The zero-order valence-corrected chi connectivity index (χ0v) is 18.5. The Morgan fingerprint density at radius 2 is 2.00 bits per heavy atom. The number of fused-ring (bicyclic) bond motifs is 1. The molecule has 5 heterocycles. The Bertz CT molecular complexity index is 1010. The first-order chi connectivity index (χ1) is 15.2. The van der Waals surface area contributed by atoms with Crippen molar-refractivity contribution in [1.82, 2.24) is 14.8 Å². The molecule has 0 bridgehead atoms. The minimum Gasteiger partial charge on any atom is -0.477 e. The summed E-state index contributed by atoms with van der Waals surface area (Å²) in [5.74, 6) is -2.39. The molecule has 5 rings (SSSR count). The van der Waals surface area contributed by atoms with Crippen molar-refractivity contribution in [3.63, 3.8) is 0 Å². The van der Waals surface area contributed by atoms with Gasteiger partial charge in [0.1, 0.15) is 12.0 Å². The first-order valence-corrected chi connectivity index (χ1v) is 11.5. The predicted molar refractivity (Wildman–Crippen MR) is 114 cm³/mol. The molecule has 0 radical (unpaired) electrons. The van der Waals surface area contributed by atoms with E-state index in [2.05, 4.69) is 4.98 Å². The van der Waals surface area contributed by atoms with Crippen LogP contribution < -0.4 is 10.6 Å². The van der Waals surface area contributed by atoms with Gasteiger partial charge < -0.3 is 35.1 Å². The van der Waals surface area contributed by atoms with Crippen LogP contribution in [0.3, 0.4) is 0 Å². The van der Waals surface area contributed by atoms with Crippen LogP contribution in [0.5, 0.6) is 0 Å². The highest BCUT2D eigenvalue weighted by Gasteiger charge is 2.60. The molecule has 1 aromatic heterocycles. The van der Waals surface area contributed by atoms with Crippen LogP contribution in [0.4, 0.5) is 6.01 Å². The smallest absolute Gasteiger partial charge is 0.353 e. The normalized spacial score (nSPS) is 28.9. The quantitative estimate of drug-likeness (QED) is 0.472. The number of carboxylic acid groups (broad SMARTS) is 1. The zero-order valence-electron chi connectivity index (χ0n) is 17.7. The van der Waals surface area contributed by atoms with Gasteiger partial charge in [0.05, 0.1) is 18.1 Å². The molecule has 2 unspecified atom stereocenters. The number of anilines is 1. The molecule has 4 aliphatic heterocycles. The summed E-state index contributed by atoms with van der Waals surface area (Å²) in [6.07, 6.45) is 0.525. The topological polar surface area (TPSA) is 153 Å². The molecule has 1 aromatic rings. The van der Waals surface area contributed by atoms with Gasteiger partial charge in [-0.2, -0.15) is 4.98 Å². The molecule has 4 atom stereocenters. The number of thioether (sulfide) groups is 1. The highest BCUT2D eigenvalue weighted by Crippen LogP contribution is 2.52. The standard InChI is InChI=1S/C20H25N5O6S/c1-8-14-13(9(2)26)18(28)25(14)15(19(29)30)16(8)32-11-5-24(6-11)20-22-12(7-31-20)17(27)23-3-10(21)4-23/h7-11,13-14,26H,3-6,21H2,1-2H3,(H,29,30)/t8-,9-,13?,14?/m1/s1. The van der Waals surface area contributed by atoms with Crippen molar-refractivity contribution in [1.29, 1.82) is 0 Å². The fraction of sp³-hybridized carbons (Fsp3) is 0.600. The molecule has 0 spiro atoms. The van der Waals surface area contributed by atoms with Gasteiger partial charge in [0.15, 0.2) is 5.69 Å². The molecule has 2 amide bonds. The molecule has 0 aliphatic carbocycles. The number of carbonyl (C=O) groups excluding carboxylic acids is 2. The number of hydrogen-bond acceptors (Lipinski definition) is 9. The number of nitrogens with two attached hydrogens (primary N) is 1. The summed E-state index contributed by atoms with van der Waals surface area (Å²) in [7, 11) is 0. The Morgan fingerprint density at radius 1 is 1.31 bits per heavy atom. The van der Waals surface area contributed by atoms with Crippen LogP contribution in [0.1, 0.15) is 24.3 Å². The molecule has 32 heavy (non-hydrogen) atoms. The van der Waals surface area contributed by atoms with E-state index in [1.54, 1.807) is 11.8 Å². The van der Waals surface area contributed by atoms with Gasteiger partial charge in [-0.15, -0.1) is 11.8 Å². The Hall–Kier alpha value is -2.57. The molecular weight excluding hydrogens is 438 g/mol. The van der Waals surface area contributed by atoms with E-state index in [-0.39, 0.29) is 46.5 Å². The number of β-lactam (4-membered cyclic amide) rings is 1. The van der Waals surface area contributed by atoms with Gasteiger partial charge in [-0.1, -0.05) is 6.92 Å². The molecule has 3 saturated heterocycles. The Balaban J connectivity index is 1.23. The van der Waals surface area contributed by atoms with Gasteiger partial charge in [0.25, 0.3) is 11.9 Å². The van der Waals surface area contributed by atoms with E-state index in [0.29, 0.717) is 37.1 Å². The molecule has 0 saturated carbocycles. The summed E-state index contributed by atoms with van der Waals surface area (Å²) >= 11 is 1.45. The number of rotatable bonds is 6. The van der Waals surface area contributed by atoms with Crippen molar-refractivity contribution < 1.29 is 29.0 Å². The summed E-state index contributed by atoms with van der Waals surface area (Å²) in [6.45, 7) is 5.65. The molecule has 12 heteroatoms. The van der Waals surface area contributed by atoms with Crippen LogP contribution in [-0.2, 0) is 9.59 Å². The van der Waals surface area contributed by atoms with Crippen LogP contribution in [-0.4, -0.2) is 92.4 Å². The van der Waals surface area contributed by atoms with Crippen molar-refractivity contribution in [2.24, 2.45) is 17.6 Å². The maximum absolute atomic E-state index is 12.4. The van der Waals surface area contributed by atoms with Crippen molar-refractivity contribution in [3.8, 4) is 0 Å². The summed E-state index contributed by atoms with van der Waals surface area (Å²) < 4.78 is 5.47. The Labute approximate surface area is 188 Å². The SMILES string of the molecule is C[C@@H](O)C1C(=O)N2C(C(=O)O)=C(SC3CN(c4nc(C(=O)N5CC(N)C5)co4)C3)[C@H](C)C12. The number of carbonyl (C=O) groups is 3. The predicted octanol–water partition coefficient (Wildman–Crippen LogP) is -0.467. The molecule has 4 N–H and O–H groups in total. The van der Waals surface area contributed by atoms with Crippen molar-refractivity contribution in [2.75, 3.05) is 31.1 Å². The lowest BCUT2D eigenvalue weighted by Gasteiger charge is -2.46. The van der Waals surface area contributed by atoms with Gasteiger partial charge in [-0.05, 0) is 6.92 Å². The number of hydrogen-bond donors (Lipinski definition) is 3. The first kappa shape index (κ1) is 21.3. The monoisotopic (exact) mass is 463 g/mol. The average Bonchev–Trinajstić information content (AvgIpc) is 3.23. The van der Waals surface area contributed by atoms with Gasteiger partial charge in [-0.3, -0.25) is 9.59 Å². The third-order valence-corrected chi connectivity index (χ3v) is 8.08. The van der Waals surface area contributed by atoms with E-state index >= 15 is 0 Å². The van der Waals surface area contributed by atoms with Crippen LogP contribution >= 0.6 is 11.8 Å². The Kier molecular flexibility index (Phi) is 4.98. The summed E-state index contributed by atoms with van der Waals surface area (Å²) in [5.41, 5.74) is 6.00. The molecular formula is C20H25N5O6S. The van der Waals surface area contributed by atoms with Gasteiger partial charge in [0, 0.05) is 48.3 Å². The third kappa shape index (κ3) is 3.11. The number of aromatic nitrogens is 1. The van der Waals surface area contributed by atoms with Crippen LogP contribution in [0.15, 0.2) is 21.3 Å². The van der Waals surface area contributed by atoms with E-state index in [9.17, 15) is 24.6 Å². The minimum atomic E-state index is -1.13. The van der Waals surface area contributed by atoms with Gasteiger partial charge in [0.2, 0.25) is 5.91 Å². The number of aliphatic carboxylic acids is 1. The number of nitrogens with zero attached hydrogens (tertiary/aromatic N) is 4. The van der Waals surface area contributed by atoms with E-state index in [4.69, 9.17) is 10.2 Å². The summed E-state index contributed by atoms with van der Waals surface area (Å²) in [6, 6.07) is 0.0523. The summed E-state index contributed by atoms with van der Waals surface area (Å²) in [5, 5.41) is 19.8. The van der Waals surface area contributed by atoms with Crippen LogP contribution in [0, 0.1) is 11.8 Å². The highest BCUT2D eigenvalue weighted by atomic mass is 32.2. The maximum Gasteiger partial charge on any atom is 0.353 e. The number of aliphatic hydroxyl groups excluding tert-OH is 1. The number of aliphatic hydroxyl groups is 1. The average molecular weight is 464 g/mol. The van der Waals surface area contributed by atoms with E-state index in [1.165, 1.54) is 22.9 Å². The lowest BCUT2D eigenvalue weighted by atomic mass is 9.79. The second-order valence-corrected chi connectivity index (χ2v) is 10.2. The van der Waals surface area contributed by atoms with E-state index < -0.39 is 18.0 Å². The van der Waals surface area contributed by atoms with Gasteiger partial charge in [-0.25, -0.2) is 4.79 Å². The lowest BCUT2D eigenvalue weighted by Crippen LogP contribution is -2.63. The molecule has 172 valence electrons. The number of oxazole rings is 1. The molecule has 0 aromatic carbocycles. The number of amides is 2. The lowest BCUT2D eigenvalue weighted by molar-refractivity contribution is -0.163. The second kappa shape index (κ2) is 7.49. The third-order valence-electron chi connectivity index (χ3n) is 6.63. The fourth-order valence-electron chi connectivity index (χ4n) is 4.88. The minimum absolute atomic E-state index is 0.0131. The van der Waals surface area contributed by atoms with Crippen LogP contribution in [0.25, 0.3) is 0 Å². The van der Waals surface area contributed by atoms with Crippen molar-refractivity contribution in [2.45, 2.75) is 37.3 Å². The van der Waals surface area contributed by atoms with Crippen molar-refractivity contribution in [3.05, 3.63) is 22.6 Å². The number of likely N-dealkylation sites (tertiary alicyclic amines) is 1. The second-order valence-electron chi connectivity index (χ2n) is 8.90. The van der Waals surface area contributed by atoms with Gasteiger partial charge >= 0.3 is 5.97 Å². The Morgan fingerprint density at radius 3 is 2.59 bits per heavy atom. The maximum atomic E-state index is 12.4. The first-order valence-electron chi connectivity index (χ1n) is 10.6. The van der Waals surface area contributed by atoms with Crippen LogP contribution in [0.2, 0.25) is 0 Å². The van der Waals surface area contributed by atoms with E-state index in [1.807, 2.05) is 11.8 Å². The van der Waals surface area contributed by atoms with Crippen molar-refractivity contribution >= 4 is 35.6 Å². The molecule has 4 aliphatic rings.